The normalized spacial score (nSPS) is 12.9. The number of nitrogen functional groups attached to an aromatic ring is 1. The highest BCUT2D eigenvalue weighted by molar-refractivity contribution is 6.30. The lowest BCUT2D eigenvalue weighted by molar-refractivity contribution is 0.133. The molecule has 0 heterocycles. The van der Waals surface area contributed by atoms with Crippen LogP contribution in [0.25, 0.3) is 5.57 Å². The van der Waals surface area contributed by atoms with Crippen LogP contribution in [-0.4, -0.2) is 10.7 Å². The molecule has 0 aliphatic heterocycles. The first-order valence-corrected chi connectivity index (χ1v) is 5.81. The van der Waals surface area contributed by atoms with Gasteiger partial charge in [-0.1, -0.05) is 18.5 Å². The Labute approximate surface area is 106 Å². The molecule has 0 saturated carbocycles. The summed E-state index contributed by atoms with van der Waals surface area (Å²) >= 11 is 5.81. The van der Waals surface area contributed by atoms with Crippen LogP contribution >= 0.6 is 11.6 Å². The van der Waals surface area contributed by atoms with Crippen molar-refractivity contribution in [3.63, 3.8) is 0 Å². The maximum atomic E-state index is 13.5. The van der Waals surface area contributed by atoms with E-state index in [2.05, 4.69) is 0 Å². The van der Waals surface area contributed by atoms with Gasteiger partial charge in [-0.25, -0.2) is 4.39 Å². The average molecular weight is 258 g/mol. The van der Waals surface area contributed by atoms with Gasteiger partial charge >= 0.3 is 0 Å². The van der Waals surface area contributed by atoms with Gasteiger partial charge in [0.15, 0.2) is 0 Å². The molecular weight excluding hydrogens is 241 g/mol. The fourth-order valence-electron chi connectivity index (χ4n) is 1.65. The SMILES string of the molecule is CCC(=CC(C)(C)O)c1cc(Cl)cc(F)c1N. The number of rotatable bonds is 3. The Morgan fingerprint density at radius 1 is 1.53 bits per heavy atom. The Balaban J connectivity index is 3.36. The van der Waals surface area contributed by atoms with Gasteiger partial charge in [-0.05, 0) is 44.1 Å². The van der Waals surface area contributed by atoms with Gasteiger partial charge in [0.05, 0.1) is 11.3 Å². The highest BCUT2D eigenvalue weighted by Gasteiger charge is 2.15. The lowest BCUT2D eigenvalue weighted by Crippen LogP contribution is -2.15. The predicted octanol–water partition coefficient (Wildman–Crippen LogP) is 3.63. The lowest BCUT2D eigenvalue weighted by atomic mass is 9.96. The molecule has 1 aromatic rings. The summed E-state index contributed by atoms with van der Waals surface area (Å²) in [7, 11) is 0. The number of anilines is 1. The van der Waals surface area contributed by atoms with Crippen LogP contribution in [-0.2, 0) is 0 Å². The summed E-state index contributed by atoms with van der Waals surface area (Å²) in [6, 6.07) is 2.79. The number of benzene rings is 1. The molecular formula is C13H17ClFNO. The van der Waals surface area contributed by atoms with E-state index in [9.17, 15) is 9.50 Å². The molecule has 1 rings (SSSR count). The van der Waals surface area contributed by atoms with Crippen molar-refractivity contribution < 1.29 is 9.50 Å². The van der Waals surface area contributed by atoms with Gasteiger partial charge < -0.3 is 10.8 Å². The van der Waals surface area contributed by atoms with E-state index in [-0.39, 0.29) is 5.69 Å². The van der Waals surface area contributed by atoms with Crippen molar-refractivity contribution in [1.29, 1.82) is 0 Å². The molecule has 17 heavy (non-hydrogen) atoms. The van der Waals surface area contributed by atoms with Crippen LogP contribution < -0.4 is 5.73 Å². The second-order valence-electron chi connectivity index (χ2n) is 4.53. The van der Waals surface area contributed by atoms with Crippen molar-refractivity contribution in [3.05, 3.63) is 34.6 Å². The molecule has 0 unspecified atom stereocenters. The largest absolute Gasteiger partial charge is 0.396 e. The topological polar surface area (TPSA) is 46.2 Å². The molecule has 0 aromatic heterocycles. The molecule has 2 nitrogen and oxygen atoms in total. The first-order valence-electron chi connectivity index (χ1n) is 5.43. The highest BCUT2D eigenvalue weighted by Crippen LogP contribution is 2.31. The van der Waals surface area contributed by atoms with Crippen molar-refractivity contribution in [1.82, 2.24) is 0 Å². The molecule has 0 atom stereocenters. The second kappa shape index (κ2) is 5.07. The van der Waals surface area contributed by atoms with Crippen LogP contribution in [0.5, 0.6) is 0 Å². The standard InChI is InChI=1S/C13H17ClFNO/c1-4-8(7-13(2,3)17)10-5-9(14)6-11(15)12(10)16/h5-7,17H,4,16H2,1-3H3. The molecule has 0 bridgehead atoms. The highest BCUT2D eigenvalue weighted by atomic mass is 35.5. The molecule has 0 amide bonds. The summed E-state index contributed by atoms with van der Waals surface area (Å²) in [5, 5.41) is 10.1. The van der Waals surface area contributed by atoms with Crippen molar-refractivity contribution in [2.45, 2.75) is 32.8 Å². The molecule has 94 valence electrons. The Morgan fingerprint density at radius 3 is 2.59 bits per heavy atom. The van der Waals surface area contributed by atoms with Gasteiger partial charge in [0.2, 0.25) is 0 Å². The monoisotopic (exact) mass is 257 g/mol. The summed E-state index contributed by atoms with van der Waals surface area (Å²) in [5.41, 5.74) is 6.09. The van der Waals surface area contributed by atoms with Crippen LogP contribution in [0.1, 0.15) is 32.8 Å². The summed E-state index contributed by atoms with van der Waals surface area (Å²) in [4.78, 5) is 0. The Kier molecular flexibility index (Phi) is 4.17. The van der Waals surface area contributed by atoms with Crippen molar-refractivity contribution in [2.24, 2.45) is 0 Å². The summed E-state index contributed by atoms with van der Waals surface area (Å²) in [5.74, 6) is -0.539. The van der Waals surface area contributed by atoms with Gasteiger partial charge in [-0.2, -0.15) is 0 Å². The van der Waals surface area contributed by atoms with Crippen LogP contribution in [0.15, 0.2) is 18.2 Å². The van der Waals surface area contributed by atoms with Gasteiger partial charge in [0.1, 0.15) is 5.82 Å². The maximum absolute atomic E-state index is 13.5. The molecule has 1 aromatic carbocycles. The molecule has 0 aliphatic rings. The Bertz CT molecular complexity index is 449. The smallest absolute Gasteiger partial charge is 0.148 e. The maximum Gasteiger partial charge on any atom is 0.148 e. The lowest BCUT2D eigenvalue weighted by Gasteiger charge is -2.16. The molecule has 3 N–H and O–H groups in total. The fourth-order valence-corrected chi connectivity index (χ4v) is 1.85. The van der Waals surface area contributed by atoms with Crippen molar-refractivity contribution >= 4 is 22.9 Å². The average Bonchev–Trinajstić information content (AvgIpc) is 2.18. The number of halogens is 2. The number of allylic oxidation sites excluding steroid dienone is 1. The van der Waals surface area contributed by atoms with E-state index in [0.717, 1.165) is 5.57 Å². The Hall–Kier alpha value is -1.06. The van der Waals surface area contributed by atoms with Crippen LogP contribution in [0.3, 0.4) is 0 Å². The summed E-state index contributed by atoms with van der Waals surface area (Å²) in [6.45, 7) is 5.22. The van der Waals surface area contributed by atoms with E-state index in [0.29, 0.717) is 17.0 Å². The number of hydrogen-bond acceptors (Lipinski definition) is 2. The number of nitrogens with two attached hydrogens (primary N) is 1. The van der Waals surface area contributed by atoms with Gasteiger partial charge in [0.25, 0.3) is 0 Å². The minimum Gasteiger partial charge on any atom is -0.396 e. The zero-order chi connectivity index (χ0) is 13.2. The fraction of sp³-hybridized carbons (Fsp3) is 0.385. The van der Waals surface area contributed by atoms with Crippen LogP contribution in [0, 0.1) is 5.82 Å². The van der Waals surface area contributed by atoms with Gasteiger partial charge in [-0.3, -0.25) is 0 Å². The third-order valence-corrected chi connectivity index (χ3v) is 2.57. The zero-order valence-electron chi connectivity index (χ0n) is 10.2. The zero-order valence-corrected chi connectivity index (χ0v) is 11.0. The Morgan fingerprint density at radius 2 is 2.12 bits per heavy atom. The number of hydrogen-bond donors (Lipinski definition) is 2. The first kappa shape index (κ1) is 14.0. The van der Waals surface area contributed by atoms with E-state index in [1.165, 1.54) is 6.07 Å². The summed E-state index contributed by atoms with van der Waals surface area (Å²) < 4.78 is 13.5. The van der Waals surface area contributed by atoms with Gasteiger partial charge in [0, 0.05) is 10.6 Å². The van der Waals surface area contributed by atoms with E-state index >= 15 is 0 Å². The summed E-state index contributed by atoms with van der Waals surface area (Å²) in [6.07, 6.45) is 2.29. The third-order valence-electron chi connectivity index (χ3n) is 2.35. The third kappa shape index (κ3) is 3.72. The van der Waals surface area contributed by atoms with Crippen molar-refractivity contribution in [2.75, 3.05) is 5.73 Å². The molecule has 0 radical (unpaired) electrons. The van der Waals surface area contributed by atoms with Crippen LogP contribution in [0.4, 0.5) is 10.1 Å². The van der Waals surface area contributed by atoms with Crippen LogP contribution in [0.2, 0.25) is 5.02 Å². The van der Waals surface area contributed by atoms with E-state index in [4.69, 9.17) is 17.3 Å². The minimum atomic E-state index is -0.976. The van der Waals surface area contributed by atoms with E-state index in [1.807, 2.05) is 6.92 Å². The van der Waals surface area contributed by atoms with E-state index < -0.39 is 11.4 Å². The van der Waals surface area contributed by atoms with Crippen molar-refractivity contribution in [3.8, 4) is 0 Å². The van der Waals surface area contributed by atoms with E-state index in [1.54, 1.807) is 26.0 Å². The van der Waals surface area contributed by atoms with Gasteiger partial charge in [-0.15, -0.1) is 0 Å². The second-order valence-corrected chi connectivity index (χ2v) is 4.96. The number of aliphatic hydroxyl groups is 1. The minimum absolute atomic E-state index is 0.0618. The molecule has 0 spiro atoms. The predicted molar refractivity (Wildman–Crippen MR) is 70.4 cm³/mol. The quantitative estimate of drug-likeness (QED) is 0.813. The molecule has 0 fully saturated rings. The molecule has 4 heteroatoms. The first-order chi connectivity index (χ1) is 7.74. The molecule has 0 aliphatic carbocycles. The molecule has 0 saturated heterocycles.